The van der Waals surface area contributed by atoms with Gasteiger partial charge in [-0.3, -0.25) is 0 Å². The maximum Gasteiger partial charge on any atom is 0.393 e. The molecule has 0 radical (unpaired) electrons. The van der Waals surface area contributed by atoms with Crippen molar-refractivity contribution in [2.45, 2.75) is 0 Å². The second-order valence-corrected chi connectivity index (χ2v) is 2.22. The van der Waals surface area contributed by atoms with Gasteiger partial charge in [-0.25, -0.2) is 0 Å². The van der Waals surface area contributed by atoms with Crippen molar-refractivity contribution in [1.82, 2.24) is 0 Å². The summed E-state index contributed by atoms with van der Waals surface area (Å²) in [7, 11) is 0. The maximum absolute atomic E-state index is 8.39. The van der Waals surface area contributed by atoms with Gasteiger partial charge in [0.25, 0.3) is 0 Å². The summed E-state index contributed by atoms with van der Waals surface area (Å²) in [5.74, 6) is 0. The van der Waals surface area contributed by atoms with E-state index in [1.54, 1.807) is 0 Å². The summed E-state index contributed by atoms with van der Waals surface area (Å²) >= 11 is 0. The van der Waals surface area contributed by atoms with Gasteiger partial charge in [0.15, 0.2) is 4.98 Å². The Balaban J connectivity index is 2.55. The molecule has 0 N–H and O–H groups in total. The number of rotatable bonds is 0. The SMILES string of the molecule is N#[N+]C1=Cc2ccccc21. The Morgan fingerprint density at radius 2 is 2.00 bits per heavy atom. The lowest BCUT2D eigenvalue weighted by Crippen LogP contribution is -1.93. The minimum absolute atomic E-state index is 0.676. The van der Waals surface area contributed by atoms with Gasteiger partial charge in [0.05, 0.1) is 5.56 Å². The molecule has 46 valence electrons. The van der Waals surface area contributed by atoms with Crippen LogP contribution >= 0.6 is 0 Å². The van der Waals surface area contributed by atoms with Crippen LogP contribution in [-0.4, -0.2) is 0 Å². The topological polar surface area (TPSA) is 28.1 Å². The van der Waals surface area contributed by atoms with Crippen LogP contribution in [0.15, 0.2) is 24.3 Å². The van der Waals surface area contributed by atoms with Gasteiger partial charge in [0.1, 0.15) is 0 Å². The molecule has 0 atom stereocenters. The molecule has 2 rings (SSSR count). The number of hydrogen-bond acceptors (Lipinski definition) is 1. The van der Waals surface area contributed by atoms with E-state index in [9.17, 15) is 0 Å². The summed E-state index contributed by atoms with van der Waals surface area (Å²) in [6, 6.07) is 7.81. The van der Waals surface area contributed by atoms with Gasteiger partial charge in [0, 0.05) is 6.08 Å². The van der Waals surface area contributed by atoms with E-state index in [-0.39, 0.29) is 0 Å². The molecule has 0 saturated heterocycles. The molecule has 1 aromatic carbocycles. The molecular formula is C8H5N2+. The van der Waals surface area contributed by atoms with Crippen LogP contribution in [0.2, 0.25) is 0 Å². The molecule has 1 aliphatic carbocycles. The molecule has 0 fully saturated rings. The first kappa shape index (κ1) is 5.19. The van der Waals surface area contributed by atoms with Crippen molar-refractivity contribution in [2.75, 3.05) is 0 Å². The van der Waals surface area contributed by atoms with Crippen molar-refractivity contribution in [3.8, 4) is 0 Å². The van der Waals surface area contributed by atoms with E-state index in [2.05, 4.69) is 4.98 Å². The fourth-order valence-electron chi connectivity index (χ4n) is 1.09. The molecule has 0 aliphatic heterocycles. The summed E-state index contributed by atoms with van der Waals surface area (Å²) in [4.78, 5) is 3.10. The monoisotopic (exact) mass is 129 g/mol. The predicted octanol–water partition coefficient (Wildman–Crippen LogP) is 2.35. The van der Waals surface area contributed by atoms with Crippen LogP contribution in [0, 0.1) is 5.39 Å². The van der Waals surface area contributed by atoms with Crippen molar-refractivity contribution in [3.05, 3.63) is 40.4 Å². The van der Waals surface area contributed by atoms with Gasteiger partial charge in [0.2, 0.25) is 5.39 Å². The van der Waals surface area contributed by atoms with Gasteiger partial charge >= 0.3 is 5.70 Å². The summed E-state index contributed by atoms with van der Waals surface area (Å²) in [6.45, 7) is 0. The van der Waals surface area contributed by atoms with Crippen LogP contribution in [-0.2, 0) is 0 Å². The molecule has 1 aromatic rings. The molecule has 0 bridgehead atoms. The summed E-state index contributed by atoms with van der Waals surface area (Å²) in [6.07, 6.45) is 1.84. The summed E-state index contributed by atoms with van der Waals surface area (Å²) in [5.41, 5.74) is 2.86. The lowest BCUT2D eigenvalue weighted by Gasteiger charge is -2.03. The highest BCUT2D eigenvalue weighted by atomic mass is 14.9. The highest BCUT2D eigenvalue weighted by molar-refractivity contribution is 5.97. The number of nitrogens with zero attached hydrogens (tertiary/aromatic N) is 2. The zero-order valence-electron chi connectivity index (χ0n) is 5.28. The first-order valence-corrected chi connectivity index (χ1v) is 3.08. The highest BCUT2D eigenvalue weighted by Gasteiger charge is 2.25. The summed E-state index contributed by atoms with van der Waals surface area (Å²) < 4.78 is 0. The van der Waals surface area contributed by atoms with E-state index in [4.69, 9.17) is 5.39 Å². The third-order valence-electron chi connectivity index (χ3n) is 1.64. The lowest BCUT2D eigenvalue weighted by molar-refractivity contribution is 1.44. The highest BCUT2D eigenvalue weighted by Crippen LogP contribution is 2.32. The van der Waals surface area contributed by atoms with Crippen molar-refractivity contribution in [2.24, 2.45) is 0 Å². The van der Waals surface area contributed by atoms with E-state index >= 15 is 0 Å². The Hall–Kier alpha value is -1.62. The predicted molar refractivity (Wildman–Crippen MR) is 39.4 cm³/mol. The first-order chi connectivity index (χ1) is 4.92. The fraction of sp³-hybridized carbons (Fsp3) is 0. The molecule has 0 saturated carbocycles. The first-order valence-electron chi connectivity index (χ1n) is 3.08. The molecular weight excluding hydrogens is 124 g/mol. The van der Waals surface area contributed by atoms with Gasteiger partial charge in [-0.15, -0.1) is 0 Å². The molecule has 0 spiro atoms. The number of fused-ring (bicyclic) bond motifs is 1. The van der Waals surface area contributed by atoms with Gasteiger partial charge in [-0.05, 0) is 11.6 Å². The van der Waals surface area contributed by atoms with Crippen LogP contribution in [0.25, 0.3) is 16.7 Å². The quantitative estimate of drug-likeness (QED) is 0.494. The molecule has 0 amide bonds. The minimum Gasteiger partial charge on any atom is -0.0616 e. The van der Waals surface area contributed by atoms with Gasteiger partial charge in [-0.2, -0.15) is 0 Å². The molecule has 0 unspecified atom stereocenters. The lowest BCUT2D eigenvalue weighted by atomic mass is 9.95. The van der Waals surface area contributed by atoms with Gasteiger partial charge in [-0.1, -0.05) is 18.2 Å². The Labute approximate surface area is 58.4 Å². The largest absolute Gasteiger partial charge is 0.393 e. The Morgan fingerprint density at radius 3 is 2.70 bits per heavy atom. The molecule has 0 aromatic heterocycles. The average Bonchev–Trinajstić information content (AvgIpc) is 1.92. The summed E-state index contributed by atoms with van der Waals surface area (Å²) in [5, 5.41) is 8.39. The maximum atomic E-state index is 8.39. The fourth-order valence-corrected chi connectivity index (χ4v) is 1.09. The Bertz CT molecular complexity index is 345. The molecule has 1 aliphatic rings. The van der Waals surface area contributed by atoms with Crippen LogP contribution in [0.5, 0.6) is 0 Å². The smallest absolute Gasteiger partial charge is 0.0616 e. The second kappa shape index (κ2) is 1.68. The molecule has 10 heavy (non-hydrogen) atoms. The van der Waals surface area contributed by atoms with E-state index < -0.39 is 0 Å². The van der Waals surface area contributed by atoms with E-state index in [1.165, 1.54) is 0 Å². The number of benzene rings is 1. The van der Waals surface area contributed by atoms with E-state index in [0.717, 1.165) is 11.1 Å². The van der Waals surface area contributed by atoms with E-state index in [0.29, 0.717) is 5.70 Å². The zero-order chi connectivity index (χ0) is 6.97. The van der Waals surface area contributed by atoms with Crippen molar-refractivity contribution in [1.29, 1.82) is 5.39 Å². The number of hydrogen-bond donors (Lipinski definition) is 0. The Kier molecular flexibility index (Phi) is 0.870. The Morgan fingerprint density at radius 1 is 1.20 bits per heavy atom. The van der Waals surface area contributed by atoms with Crippen LogP contribution in [0.4, 0.5) is 0 Å². The van der Waals surface area contributed by atoms with Gasteiger partial charge < -0.3 is 0 Å². The second-order valence-electron chi connectivity index (χ2n) is 2.22. The van der Waals surface area contributed by atoms with Crippen LogP contribution in [0.1, 0.15) is 11.1 Å². The zero-order valence-corrected chi connectivity index (χ0v) is 5.28. The van der Waals surface area contributed by atoms with E-state index in [1.807, 2.05) is 30.3 Å². The van der Waals surface area contributed by atoms with Crippen molar-refractivity contribution in [3.63, 3.8) is 0 Å². The number of diazo groups is 1. The third kappa shape index (κ3) is 0.492. The standard InChI is InChI=1S/C8H5N2/c9-10-8-5-6-3-1-2-4-7(6)8/h1-5H/q+1. The van der Waals surface area contributed by atoms with Crippen LogP contribution in [0.3, 0.4) is 0 Å². The van der Waals surface area contributed by atoms with Crippen LogP contribution < -0.4 is 0 Å². The minimum atomic E-state index is 0.676. The van der Waals surface area contributed by atoms with Crippen molar-refractivity contribution >= 4 is 11.8 Å². The van der Waals surface area contributed by atoms with Crippen molar-refractivity contribution < 1.29 is 0 Å². The molecule has 0 heterocycles. The molecule has 2 heteroatoms. The normalized spacial score (nSPS) is 12.5. The molecule has 2 nitrogen and oxygen atoms in total. The third-order valence-corrected chi connectivity index (χ3v) is 1.64. The average molecular weight is 129 g/mol.